The lowest BCUT2D eigenvalue weighted by molar-refractivity contribution is 0.234. The van der Waals surface area contributed by atoms with Crippen molar-refractivity contribution >= 4 is 0 Å². The molecule has 1 aromatic rings. The van der Waals surface area contributed by atoms with Crippen molar-refractivity contribution in [3.63, 3.8) is 0 Å². The van der Waals surface area contributed by atoms with Crippen LogP contribution in [0.1, 0.15) is 70.7 Å². The highest BCUT2D eigenvalue weighted by atomic mass is 14.6. The predicted octanol–water partition coefficient (Wildman–Crippen LogP) is 4.88. The molecule has 0 saturated carbocycles. The SMILES string of the molecule is CCc1ccc(C(N)CC(C)C(C)(C)C)cc1CC. The molecule has 0 aliphatic rings. The van der Waals surface area contributed by atoms with Crippen LogP contribution in [0.2, 0.25) is 0 Å². The monoisotopic (exact) mass is 261 g/mol. The summed E-state index contributed by atoms with van der Waals surface area (Å²) in [6.07, 6.45) is 3.26. The van der Waals surface area contributed by atoms with Crippen LogP contribution in [0, 0.1) is 11.3 Å². The summed E-state index contributed by atoms with van der Waals surface area (Å²) in [5, 5.41) is 0. The smallest absolute Gasteiger partial charge is 0.0297 e. The highest BCUT2D eigenvalue weighted by molar-refractivity contribution is 5.33. The highest BCUT2D eigenvalue weighted by Crippen LogP contribution is 2.32. The molecule has 0 fully saturated rings. The maximum absolute atomic E-state index is 6.41. The molecule has 0 aromatic heterocycles. The Morgan fingerprint density at radius 3 is 2.11 bits per heavy atom. The number of benzene rings is 1. The topological polar surface area (TPSA) is 26.0 Å². The van der Waals surface area contributed by atoms with Crippen molar-refractivity contribution in [3.8, 4) is 0 Å². The summed E-state index contributed by atoms with van der Waals surface area (Å²) in [5.74, 6) is 0.624. The van der Waals surface area contributed by atoms with Crippen LogP contribution in [0.25, 0.3) is 0 Å². The zero-order valence-corrected chi connectivity index (χ0v) is 13.6. The van der Waals surface area contributed by atoms with Gasteiger partial charge in [0.1, 0.15) is 0 Å². The van der Waals surface area contributed by atoms with Crippen molar-refractivity contribution in [2.45, 2.75) is 66.8 Å². The van der Waals surface area contributed by atoms with E-state index in [4.69, 9.17) is 5.73 Å². The molecule has 1 nitrogen and oxygen atoms in total. The Morgan fingerprint density at radius 2 is 1.63 bits per heavy atom. The lowest BCUT2D eigenvalue weighted by Gasteiger charge is -2.29. The predicted molar refractivity (Wildman–Crippen MR) is 85.4 cm³/mol. The molecule has 0 aliphatic carbocycles. The molecule has 1 aromatic carbocycles. The fraction of sp³-hybridized carbons (Fsp3) is 0.667. The van der Waals surface area contributed by atoms with Crippen LogP contribution < -0.4 is 5.73 Å². The zero-order valence-electron chi connectivity index (χ0n) is 13.6. The molecule has 0 aliphatic heterocycles. The number of rotatable bonds is 5. The molecular formula is C18H31N. The molecule has 2 N–H and O–H groups in total. The van der Waals surface area contributed by atoms with Crippen LogP contribution in [-0.4, -0.2) is 0 Å². The number of aryl methyl sites for hydroxylation is 2. The minimum Gasteiger partial charge on any atom is -0.324 e. The van der Waals surface area contributed by atoms with Crippen molar-refractivity contribution in [2.75, 3.05) is 0 Å². The maximum atomic E-state index is 6.41. The van der Waals surface area contributed by atoms with Crippen LogP contribution in [0.4, 0.5) is 0 Å². The first-order valence-corrected chi connectivity index (χ1v) is 7.66. The Morgan fingerprint density at radius 1 is 1.05 bits per heavy atom. The molecule has 0 amide bonds. The van der Waals surface area contributed by atoms with Gasteiger partial charge in [0, 0.05) is 6.04 Å². The van der Waals surface area contributed by atoms with Crippen molar-refractivity contribution in [3.05, 3.63) is 34.9 Å². The van der Waals surface area contributed by atoms with Crippen molar-refractivity contribution in [1.29, 1.82) is 0 Å². The van der Waals surface area contributed by atoms with E-state index in [9.17, 15) is 0 Å². The molecule has 0 radical (unpaired) electrons. The van der Waals surface area contributed by atoms with Gasteiger partial charge in [-0.1, -0.05) is 59.7 Å². The molecule has 2 atom stereocenters. The van der Waals surface area contributed by atoms with Crippen molar-refractivity contribution in [2.24, 2.45) is 17.1 Å². The van der Waals surface area contributed by atoms with Gasteiger partial charge in [0.25, 0.3) is 0 Å². The third kappa shape index (κ3) is 4.35. The van der Waals surface area contributed by atoms with Crippen LogP contribution >= 0.6 is 0 Å². The average molecular weight is 261 g/mol. The minimum absolute atomic E-state index is 0.158. The summed E-state index contributed by atoms with van der Waals surface area (Å²) in [6.45, 7) is 13.6. The Bertz CT molecular complexity index is 401. The highest BCUT2D eigenvalue weighted by Gasteiger charge is 2.22. The van der Waals surface area contributed by atoms with Gasteiger partial charge in [0.15, 0.2) is 0 Å². The van der Waals surface area contributed by atoms with E-state index in [-0.39, 0.29) is 6.04 Å². The summed E-state index contributed by atoms with van der Waals surface area (Å²) in [6, 6.07) is 6.96. The van der Waals surface area contributed by atoms with E-state index >= 15 is 0 Å². The minimum atomic E-state index is 0.158. The first-order chi connectivity index (χ1) is 8.79. The zero-order chi connectivity index (χ0) is 14.6. The normalized spacial score (nSPS) is 15.3. The molecule has 0 heterocycles. The quantitative estimate of drug-likeness (QED) is 0.803. The van der Waals surface area contributed by atoms with Gasteiger partial charge in [0.2, 0.25) is 0 Å². The fourth-order valence-electron chi connectivity index (χ4n) is 2.42. The van der Waals surface area contributed by atoms with Crippen molar-refractivity contribution < 1.29 is 0 Å². The standard InChI is InChI=1S/C18H31N/c1-7-14-9-10-16(12-15(14)8-2)17(19)11-13(3)18(4,5)6/h9-10,12-13,17H,7-8,11,19H2,1-6H3. The largest absolute Gasteiger partial charge is 0.324 e. The molecule has 2 unspecified atom stereocenters. The molecule has 19 heavy (non-hydrogen) atoms. The van der Waals surface area contributed by atoms with E-state index in [0.29, 0.717) is 11.3 Å². The maximum Gasteiger partial charge on any atom is 0.0297 e. The van der Waals surface area contributed by atoms with Crippen LogP contribution in [0.5, 0.6) is 0 Å². The van der Waals surface area contributed by atoms with Gasteiger partial charge in [-0.15, -0.1) is 0 Å². The summed E-state index contributed by atoms with van der Waals surface area (Å²) in [4.78, 5) is 0. The van der Waals surface area contributed by atoms with E-state index < -0.39 is 0 Å². The summed E-state index contributed by atoms with van der Waals surface area (Å²) in [7, 11) is 0. The van der Waals surface area contributed by atoms with Gasteiger partial charge < -0.3 is 5.73 Å². The third-order valence-electron chi connectivity index (χ3n) is 4.51. The second-order valence-corrected chi connectivity index (χ2v) is 6.84. The van der Waals surface area contributed by atoms with Crippen LogP contribution in [0.15, 0.2) is 18.2 Å². The molecule has 0 saturated heterocycles. The molecule has 108 valence electrons. The first-order valence-electron chi connectivity index (χ1n) is 7.66. The van der Waals surface area contributed by atoms with Gasteiger partial charge in [-0.3, -0.25) is 0 Å². The van der Waals surface area contributed by atoms with Gasteiger partial charge in [-0.2, -0.15) is 0 Å². The summed E-state index contributed by atoms with van der Waals surface area (Å²) >= 11 is 0. The number of nitrogens with two attached hydrogens (primary N) is 1. The Balaban J connectivity index is 2.85. The third-order valence-corrected chi connectivity index (χ3v) is 4.51. The fourth-order valence-corrected chi connectivity index (χ4v) is 2.42. The Kier molecular flexibility index (Phi) is 5.61. The Labute approximate surface area is 119 Å². The molecule has 0 spiro atoms. The van der Waals surface area contributed by atoms with Gasteiger partial charge in [-0.05, 0) is 47.3 Å². The van der Waals surface area contributed by atoms with Crippen LogP contribution in [0.3, 0.4) is 0 Å². The lowest BCUT2D eigenvalue weighted by atomic mass is 9.77. The molecular weight excluding hydrogens is 230 g/mol. The first kappa shape index (κ1) is 16.2. The second-order valence-electron chi connectivity index (χ2n) is 6.84. The van der Waals surface area contributed by atoms with E-state index in [1.54, 1.807) is 0 Å². The second kappa shape index (κ2) is 6.56. The number of hydrogen-bond donors (Lipinski definition) is 1. The van der Waals surface area contributed by atoms with E-state index in [1.165, 1.54) is 16.7 Å². The lowest BCUT2D eigenvalue weighted by Crippen LogP contribution is -2.23. The summed E-state index contributed by atoms with van der Waals surface area (Å²) in [5.41, 5.74) is 10.9. The van der Waals surface area contributed by atoms with E-state index in [1.807, 2.05) is 0 Å². The van der Waals surface area contributed by atoms with E-state index in [0.717, 1.165) is 19.3 Å². The molecule has 1 rings (SSSR count). The van der Waals surface area contributed by atoms with Crippen LogP contribution in [-0.2, 0) is 12.8 Å². The molecule has 0 bridgehead atoms. The average Bonchev–Trinajstić information content (AvgIpc) is 2.36. The van der Waals surface area contributed by atoms with Gasteiger partial charge in [0.05, 0.1) is 0 Å². The number of hydrogen-bond acceptors (Lipinski definition) is 1. The van der Waals surface area contributed by atoms with Crippen molar-refractivity contribution in [1.82, 2.24) is 0 Å². The molecule has 1 heteroatoms. The summed E-state index contributed by atoms with van der Waals surface area (Å²) < 4.78 is 0. The van der Waals surface area contributed by atoms with Gasteiger partial charge >= 0.3 is 0 Å². The van der Waals surface area contributed by atoms with E-state index in [2.05, 4.69) is 59.7 Å². The van der Waals surface area contributed by atoms with Gasteiger partial charge in [-0.25, -0.2) is 0 Å². The Hall–Kier alpha value is -0.820.